The Morgan fingerprint density at radius 3 is 2.75 bits per heavy atom. The number of rotatable bonds is 2. The van der Waals surface area contributed by atoms with Crippen molar-refractivity contribution >= 4 is 6.09 Å². The first-order chi connectivity index (χ1) is 11.2. The molecule has 2 atom stereocenters. The van der Waals surface area contributed by atoms with E-state index in [0.717, 1.165) is 36.8 Å². The standard InChI is InChI=1S/C20H26FNO2/c1-13-5-6-16(21)12-15(13)9-14-10-17-7-8-18(11-14)22(17)19(23)24-20(2,3)4/h5-6,10,12,17-18H,7-9,11H2,1-4H3. The van der Waals surface area contributed by atoms with E-state index < -0.39 is 5.60 Å². The molecular weight excluding hydrogens is 305 g/mol. The Bertz CT molecular complexity index is 675. The molecule has 3 nitrogen and oxygen atoms in total. The molecule has 2 bridgehead atoms. The van der Waals surface area contributed by atoms with Gasteiger partial charge in [0.15, 0.2) is 0 Å². The molecule has 0 aliphatic carbocycles. The molecule has 3 rings (SSSR count). The van der Waals surface area contributed by atoms with Crippen LogP contribution in [0.3, 0.4) is 0 Å². The monoisotopic (exact) mass is 331 g/mol. The van der Waals surface area contributed by atoms with Gasteiger partial charge in [-0.2, -0.15) is 0 Å². The second-order valence-corrected chi connectivity index (χ2v) is 7.96. The van der Waals surface area contributed by atoms with Crippen LogP contribution in [0.4, 0.5) is 9.18 Å². The second kappa shape index (κ2) is 6.23. The molecule has 2 heterocycles. The lowest BCUT2D eigenvalue weighted by Crippen LogP contribution is -2.45. The van der Waals surface area contributed by atoms with Gasteiger partial charge in [-0.15, -0.1) is 0 Å². The SMILES string of the molecule is Cc1ccc(F)cc1CC1=CC2CCC(C1)N2C(=O)OC(C)(C)C. The summed E-state index contributed by atoms with van der Waals surface area (Å²) < 4.78 is 19.1. The molecule has 2 aliphatic rings. The number of carbonyl (C=O) groups excluding carboxylic acids is 1. The molecule has 2 unspecified atom stereocenters. The molecule has 0 spiro atoms. The summed E-state index contributed by atoms with van der Waals surface area (Å²) in [5.74, 6) is -0.189. The van der Waals surface area contributed by atoms with Crippen molar-refractivity contribution in [1.82, 2.24) is 4.90 Å². The summed E-state index contributed by atoms with van der Waals surface area (Å²) in [6, 6.07) is 5.27. The Hall–Kier alpha value is -1.84. The molecule has 0 saturated carbocycles. The Labute approximate surface area is 143 Å². The molecule has 24 heavy (non-hydrogen) atoms. The van der Waals surface area contributed by atoms with Crippen molar-refractivity contribution in [3.05, 3.63) is 46.8 Å². The van der Waals surface area contributed by atoms with Crippen molar-refractivity contribution < 1.29 is 13.9 Å². The Morgan fingerprint density at radius 2 is 2.08 bits per heavy atom. The fraction of sp³-hybridized carbons (Fsp3) is 0.550. The van der Waals surface area contributed by atoms with Crippen LogP contribution in [0.25, 0.3) is 0 Å². The predicted octanol–water partition coefficient (Wildman–Crippen LogP) is 4.77. The van der Waals surface area contributed by atoms with E-state index in [2.05, 4.69) is 6.08 Å². The van der Waals surface area contributed by atoms with Gasteiger partial charge < -0.3 is 4.74 Å². The van der Waals surface area contributed by atoms with Crippen LogP contribution in [-0.4, -0.2) is 28.7 Å². The van der Waals surface area contributed by atoms with Crippen LogP contribution in [-0.2, 0) is 11.2 Å². The molecule has 1 saturated heterocycles. The summed E-state index contributed by atoms with van der Waals surface area (Å²) in [7, 11) is 0. The van der Waals surface area contributed by atoms with Gasteiger partial charge in [0.25, 0.3) is 0 Å². The number of aryl methyl sites for hydroxylation is 1. The first-order valence-corrected chi connectivity index (χ1v) is 8.69. The number of fused-ring (bicyclic) bond motifs is 2. The van der Waals surface area contributed by atoms with Gasteiger partial charge in [-0.25, -0.2) is 9.18 Å². The maximum Gasteiger partial charge on any atom is 0.411 e. The lowest BCUT2D eigenvalue weighted by atomic mass is 9.93. The maximum atomic E-state index is 13.5. The van der Waals surface area contributed by atoms with Crippen LogP contribution in [0.15, 0.2) is 29.8 Å². The third-order valence-corrected chi connectivity index (χ3v) is 4.81. The van der Waals surface area contributed by atoms with Gasteiger partial charge in [0.2, 0.25) is 0 Å². The summed E-state index contributed by atoms with van der Waals surface area (Å²) in [5, 5.41) is 0. The van der Waals surface area contributed by atoms with Gasteiger partial charge >= 0.3 is 6.09 Å². The molecule has 0 radical (unpaired) electrons. The molecule has 4 heteroatoms. The molecule has 1 amide bonds. The van der Waals surface area contributed by atoms with Crippen LogP contribution >= 0.6 is 0 Å². The zero-order valence-corrected chi connectivity index (χ0v) is 14.9. The Kier molecular flexibility index (Phi) is 4.41. The molecule has 0 N–H and O–H groups in total. The average Bonchev–Trinajstić information content (AvgIpc) is 2.73. The maximum absolute atomic E-state index is 13.5. The summed E-state index contributed by atoms with van der Waals surface area (Å²) >= 11 is 0. The van der Waals surface area contributed by atoms with Crippen molar-refractivity contribution in [2.24, 2.45) is 0 Å². The topological polar surface area (TPSA) is 29.5 Å². The van der Waals surface area contributed by atoms with E-state index in [-0.39, 0.29) is 24.0 Å². The fourth-order valence-corrected chi connectivity index (χ4v) is 3.72. The van der Waals surface area contributed by atoms with Crippen molar-refractivity contribution in [2.75, 3.05) is 0 Å². The van der Waals surface area contributed by atoms with E-state index in [4.69, 9.17) is 4.74 Å². The molecule has 130 valence electrons. The highest BCUT2D eigenvalue weighted by Crippen LogP contribution is 2.37. The normalized spacial score (nSPS) is 23.2. The molecule has 0 aromatic heterocycles. The van der Waals surface area contributed by atoms with E-state index in [1.54, 1.807) is 6.07 Å². The van der Waals surface area contributed by atoms with Crippen LogP contribution in [0, 0.1) is 12.7 Å². The highest BCUT2D eigenvalue weighted by Gasteiger charge is 2.41. The van der Waals surface area contributed by atoms with Crippen LogP contribution < -0.4 is 0 Å². The quantitative estimate of drug-likeness (QED) is 0.730. The van der Waals surface area contributed by atoms with Crippen LogP contribution in [0.2, 0.25) is 0 Å². The lowest BCUT2D eigenvalue weighted by Gasteiger charge is -2.35. The summed E-state index contributed by atoms with van der Waals surface area (Å²) in [6.45, 7) is 7.69. The van der Waals surface area contributed by atoms with Crippen molar-refractivity contribution in [1.29, 1.82) is 0 Å². The minimum atomic E-state index is -0.473. The zero-order chi connectivity index (χ0) is 17.5. The number of ether oxygens (including phenoxy) is 1. The van der Waals surface area contributed by atoms with E-state index >= 15 is 0 Å². The first-order valence-electron chi connectivity index (χ1n) is 8.69. The van der Waals surface area contributed by atoms with E-state index in [1.165, 1.54) is 11.6 Å². The van der Waals surface area contributed by atoms with E-state index in [1.807, 2.05) is 38.7 Å². The average molecular weight is 331 g/mol. The molecule has 1 fully saturated rings. The molecular formula is C20H26FNO2. The third kappa shape index (κ3) is 3.63. The predicted molar refractivity (Wildman–Crippen MR) is 92.4 cm³/mol. The summed E-state index contributed by atoms with van der Waals surface area (Å²) in [4.78, 5) is 14.4. The van der Waals surface area contributed by atoms with Gasteiger partial charge in [-0.05, 0) is 76.6 Å². The van der Waals surface area contributed by atoms with Gasteiger partial charge in [-0.1, -0.05) is 17.7 Å². The van der Waals surface area contributed by atoms with Crippen LogP contribution in [0.1, 0.15) is 51.2 Å². The minimum Gasteiger partial charge on any atom is -0.444 e. The smallest absolute Gasteiger partial charge is 0.411 e. The second-order valence-electron chi connectivity index (χ2n) is 7.96. The molecule has 1 aromatic rings. The van der Waals surface area contributed by atoms with Gasteiger partial charge in [0.1, 0.15) is 11.4 Å². The minimum absolute atomic E-state index is 0.113. The van der Waals surface area contributed by atoms with Gasteiger partial charge in [0, 0.05) is 6.04 Å². The molecule has 2 aliphatic heterocycles. The van der Waals surface area contributed by atoms with Crippen molar-refractivity contribution in [3.63, 3.8) is 0 Å². The number of nitrogens with zero attached hydrogens (tertiary/aromatic N) is 1. The highest BCUT2D eigenvalue weighted by atomic mass is 19.1. The fourth-order valence-electron chi connectivity index (χ4n) is 3.72. The van der Waals surface area contributed by atoms with Gasteiger partial charge in [0.05, 0.1) is 6.04 Å². The number of hydrogen-bond donors (Lipinski definition) is 0. The zero-order valence-electron chi connectivity index (χ0n) is 14.9. The summed E-state index contributed by atoms with van der Waals surface area (Å²) in [5.41, 5.74) is 2.97. The Balaban J connectivity index is 1.75. The highest BCUT2D eigenvalue weighted by molar-refractivity contribution is 5.70. The largest absolute Gasteiger partial charge is 0.444 e. The van der Waals surface area contributed by atoms with Crippen molar-refractivity contribution in [3.8, 4) is 0 Å². The van der Waals surface area contributed by atoms with Gasteiger partial charge in [-0.3, -0.25) is 4.90 Å². The third-order valence-electron chi connectivity index (χ3n) is 4.81. The van der Waals surface area contributed by atoms with Crippen molar-refractivity contribution in [2.45, 2.75) is 71.1 Å². The van der Waals surface area contributed by atoms with Crippen LogP contribution in [0.5, 0.6) is 0 Å². The molecule has 1 aromatic carbocycles. The summed E-state index contributed by atoms with van der Waals surface area (Å²) in [6.07, 6.45) is 5.58. The number of amides is 1. The van der Waals surface area contributed by atoms with E-state index in [9.17, 15) is 9.18 Å². The Morgan fingerprint density at radius 1 is 1.33 bits per heavy atom. The number of benzene rings is 1. The number of carbonyl (C=O) groups is 1. The first kappa shape index (κ1) is 17.0. The number of hydrogen-bond acceptors (Lipinski definition) is 2. The number of halogens is 1. The van der Waals surface area contributed by atoms with E-state index in [0.29, 0.717) is 0 Å². The lowest BCUT2D eigenvalue weighted by molar-refractivity contribution is 0.0166.